The normalized spacial score (nSPS) is 14.7. The first-order chi connectivity index (χ1) is 9.78. The van der Waals surface area contributed by atoms with Crippen LogP contribution in [0.5, 0.6) is 0 Å². The average Bonchev–Trinajstić information content (AvgIpc) is 3.19. The summed E-state index contributed by atoms with van der Waals surface area (Å²) in [6, 6.07) is 5.27. The minimum atomic E-state index is -0.218. The molecule has 0 aliphatic heterocycles. The molecule has 1 saturated carbocycles. The summed E-state index contributed by atoms with van der Waals surface area (Å²) < 4.78 is 15.3. The number of nitrogens with one attached hydrogen (secondary N) is 1. The molecule has 1 aromatic heterocycles. The van der Waals surface area contributed by atoms with Crippen molar-refractivity contribution in [2.24, 2.45) is 0 Å². The van der Waals surface area contributed by atoms with E-state index in [9.17, 15) is 4.39 Å². The van der Waals surface area contributed by atoms with Gasteiger partial charge in [-0.3, -0.25) is 0 Å². The van der Waals surface area contributed by atoms with Gasteiger partial charge >= 0.3 is 0 Å². The molecule has 20 heavy (non-hydrogen) atoms. The SMILES string of the molecule is CCNCc1cc(F)ccc1Sc1nnnn1C1CC1. The van der Waals surface area contributed by atoms with Crippen molar-refractivity contribution in [1.82, 2.24) is 25.5 Å². The molecule has 0 saturated heterocycles. The predicted molar refractivity (Wildman–Crippen MR) is 74.0 cm³/mol. The van der Waals surface area contributed by atoms with Gasteiger partial charge in [-0.15, -0.1) is 5.10 Å². The van der Waals surface area contributed by atoms with E-state index in [0.717, 1.165) is 35.0 Å². The summed E-state index contributed by atoms with van der Waals surface area (Å²) in [5.41, 5.74) is 0.933. The molecule has 0 unspecified atom stereocenters. The number of nitrogens with zero attached hydrogens (tertiary/aromatic N) is 4. The van der Waals surface area contributed by atoms with Gasteiger partial charge in [0.1, 0.15) is 5.82 Å². The van der Waals surface area contributed by atoms with Crippen molar-refractivity contribution in [3.8, 4) is 0 Å². The zero-order valence-corrected chi connectivity index (χ0v) is 12.0. The van der Waals surface area contributed by atoms with E-state index >= 15 is 0 Å². The first kappa shape index (κ1) is 13.5. The molecule has 0 spiro atoms. The van der Waals surface area contributed by atoms with Crippen molar-refractivity contribution in [3.63, 3.8) is 0 Å². The Labute approximate surface area is 120 Å². The van der Waals surface area contributed by atoms with Crippen molar-refractivity contribution in [2.75, 3.05) is 6.54 Å². The van der Waals surface area contributed by atoms with E-state index in [1.807, 2.05) is 11.6 Å². The summed E-state index contributed by atoms with van der Waals surface area (Å²) in [4.78, 5) is 0.990. The smallest absolute Gasteiger partial charge is 0.214 e. The van der Waals surface area contributed by atoms with E-state index in [1.54, 1.807) is 12.1 Å². The Morgan fingerprint density at radius 2 is 2.30 bits per heavy atom. The first-order valence-corrected chi connectivity index (χ1v) is 7.54. The predicted octanol–water partition coefficient (Wildman–Crippen LogP) is 2.41. The second kappa shape index (κ2) is 5.88. The maximum Gasteiger partial charge on any atom is 0.214 e. The second-order valence-corrected chi connectivity index (χ2v) is 5.78. The van der Waals surface area contributed by atoms with E-state index in [2.05, 4.69) is 20.8 Å². The number of hydrogen-bond acceptors (Lipinski definition) is 5. The lowest BCUT2D eigenvalue weighted by atomic mass is 10.2. The minimum Gasteiger partial charge on any atom is -0.313 e. The van der Waals surface area contributed by atoms with Crippen LogP contribution in [0, 0.1) is 5.82 Å². The zero-order valence-electron chi connectivity index (χ0n) is 11.2. The van der Waals surface area contributed by atoms with Crippen LogP contribution in [-0.2, 0) is 6.54 Å². The molecule has 3 rings (SSSR count). The topological polar surface area (TPSA) is 55.6 Å². The summed E-state index contributed by atoms with van der Waals surface area (Å²) in [7, 11) is 0. The third-order valence-electron chi connectivity index (χ3n) is 3.14. The Hall–Kier alpha value is -1.47. The Bertz CT molecular complexity index is 596. The molecule has 1 aliphatic rings. The highest BCUT2D eigenvalue weighted by Crippen LogP contribution is 2.38. The van der Waals surface area contributed by atoms with Crippen molar-refractivity contribution in [2.45, 2.75) is 42.4 Å². The van der Waals surface area contributed by atoms with E-state index in [1.165, 1.54) is 17.8 Å². The highest BCUT2D eigenvalue weighted by Gasteiger charge is 2.28. The number of tetrazole rings is 1. The molecule has 0 bridgehead atoms. The van der Waals surface area contributed by atoms with Crippen LogP contribution in [0.2, 0.25) is 0 Å². The number of rotatable bonds is 6. The van der Waals surface area contributed by atoms with Crippen LogP contribution >= 0.6 is 11.8 Å². The van der Waals surface area contributed by atoms with Gasteiger partial charge in [-0.2, -0.15) is 0 Å². The molecule has 1 aliphatic carbocycles. The molecule has 1 aromatic carbocycles. The standard InChI is InChI=1S/C13H16FN5S/c1-2-15-8-9-7-10(14)3-6-12(9)20-13-16-17-18-19(13)11-4-5-11/h3,6-7,11,15H,2,4-5,8H2,1H3. The van der Waals surface area contributed by atoms with Gasteiger partial charge in [0.25, 0.3) is 0 Å². The van der Waals surface area contributed by atoms with Gasteiger partial charge in [0, 0.05) is 11.4 Å². The summed E-state index contributed by atoms with van der Waals surface area (Å²) in [5.74, 6) is -0.218. The average molecular weight is 293 g/mol. The van der Waals surface area contributed by atoms with E-state index in [-0.39, 0.29) is 5.82 Å². The molecule has 1 N–H and O–H groups in total. The summed E-state index contributed by atoms with van der Waals surface area (Å²) in [6.45, 7) is 3.52. The zero-order chi connectivity index (χ0) is 13.9. The number of halogens is 1. The van der Waals surface area contributed by atoms with Crippen molar-refractivity contribution in [1.29, 1.82) is 0 Å². The Morgan fingerprint density at radius 3 is 3.05 bits per heavy atom. The van der Waals surface area contributed by atoms with Gasteiger partial charge in [-0.25, -0.2) is 9.07 Å². The lowest BCUT2D eigenvalue weighted by Gasteiger charge is -2.09. The van der Waals surface area contributed by atoms with Crippen LogP contribution in [0.3, 0.4) is 0 Å². The molecule has 2 aromatic rings. The molecule has 1 fully saturated rings. The maximum absolute atomic E-state index is 13.4. The molecular formula is C13H16FN5S. The van der Waals surface area contributed by atoms with Crippen molar-refractivity contribution < 1.29 is 4.39 Å². The molecule has 106 valence electrons. The highest BCUT2D eigenvalue weighted by molar-refractivity contribution is 7.99. The summed E-state index contributed by atoms with van der Waals surface area (Å²) in [5, 5.41) is 15.8. The van der Waals surface area contributed by atoms with Gasteiger partial charge < -0.3 is 5.32 Å². The van der Waals surface area contributed by atoms with Crippen LogP contribution in [0.4, 0.5) is 4.39 Å². The third-order valence-corrected chi connectivity index (χ3v) is 4.21. The number of aromatic nitrogens is 4. The van der Waals surface area contributed by atoms with Crippen LogP contribution < -0.4 is 5.32 Å². The quantitative estimate of drug-likeness (QED) is 0.886. The maximum atomic E-state index is 13.4. The van der Waals surface area contributed by atoms with Crippen LogP contribution in [0.25, 0.3) is 0 Å². The minimum absolute atomic E-state index is 0.218. The number of hydrogen-bond donors (Lipinski definition) is 1. The van der Waals surface area contributed by atoms with Gasteiger partial charge in [0.05, 0.1) is 6.04 Å². The largest absolute Gasteiger partial charge is 0.313 e. The van der Waals surface area contributed by atoms with E-state index in [4.69, 9.17) is 0 Å². The van der Waals surface area contributed by atoms with Crippen molar-refractivity contribution >= 4 is 11.8 Å². The summed E-state index contributed by atoms with van der Waals surface area (Å²) >= 11 is 1.50. The fourth-order valence-corrected chi connectivity index (χ4v) is 2.90. The molecule has 0 radical (unpaired) electrons. The monoisotopic (exact) mass is 293 g/mol. The molecule has 7 heteroatoms. The van der Waals surface area contributed by atoms with Crippen LogP contribution in [-0.4, -0.2) is 26.8 Å². The molecular weight excluding hydrogens is 277 g/mol. The molecule has 0 atom stereocenters. The van der Waals surface area contributed by atoms with Gasteiger partial charge in [-0.05, 0) is 65.3 Å². The van der Waals surface area contributed by atoms with E-state index in [0.29, 0.717) is 12.6 Å². The molecule has 0 amide bonds. The Balaban J connectivity index is 1.83. The van der Waals surface area contributed by atoms with Gasteiger partial charge in [0.15, 0.2) is 0 Å². The Morgan fingerprint density at radius 1 is 1.45 bits per heavy atom. The molecule has 1 heterocycles. The third kappa shape index (κ3) is 2.99. The van der Waals surface area contributed by atoms with Crippen LogP contribution in [0.1, 0.15) is 31.4 Å². The van der Waals surface area contributed by atoms with Crippen molar-refractivity contribution in [3.05, 3.63) is 29.6 Å². The lowest BCUT2D eigenvalue weighted by Crippen LogP contribution is -2.12. The van der Waals surface area contributed by atoms with E-state index < -0.39 is 0 Å². The van der Waals surface area contributed by atoms with Gasteiger partial charge in [-0.1, -0.05) is 6.92 Å². The van der Waals surface area contributed by atoms with Crippen LogP contribution in [0.15, 0.2) is 28.3 Å². The Kier molecular flexibility index (Phi) is 3.98. The lowest BCUT2D eigenvalue weighted by molar-refractivity contribution is 0.565. The highest BCUT2D eigenvalue weighted by atomic mass is 32.2. The molecule has 5 nitrogen and oxygen atoms in total. The first-order valence-electron chi connectivity index (χ1n) is 6.72. The second-order valence-electron chi connectivity index (χ2n) is 4.77. The number of benzene rings is 1. The summed E-state index contributed by atoms with van der Waals surface area (Å²) in [6.07, 6.45) is 2.26. The fourth-order valence-electron chi connectivity index (χ4n) is 1.94. The fraction of sp³-hybridized carbons (Fsp3) is 0.462. The van der Waals surface area contributed by atoms with Gasteiger partial charge in [0.2, 0.25) is 5.16 Å².